The highest BCUT2D eigenvalue weighted by Gasteiger charge is 2.34. The van der Waals surface area contributed by atoms with Crippen LogP contribution in [0.3, 0.4) is 0 Å². The molecule has 1 aliphatic rings. The molecule has 0 saturated carbocycles. The molecule has 1 fully saturated rings. The molecule has 9 nitrogen and oxygen atoms in total. The predicted octanol–water partition coefficient (Wildman–Crippen LogP) is 1.69. The first-order chi connectivity index (χ1) is 14.3. The Labute approximate surface area is 177 Å². The van der Waals surface area contributed by atoms with Crippen LogP contribution in [0.4, 0.5) is 0 Å². The fourth-order valence-corrected chi connectivity index (χ4v) is 5.07. The normalized spacial score (nSPS) is 17.3. The zero-order valence-corrected chi connectivity index (χ0v) is 18.6. The molecule has 1 heterocycles. The molecule has 168 valence electrons. The average Bonchev–Trinajstić information content (AvgIpc) is 3.10. The van der Waals surface area contributed by atoms with Crippen LogP contribution in [0.5, 0.6) is 17.2 Å². The fourth-order valence-electron chi connectivity index (χ4n) is 3.34. The summed E-state index contributed by atoms with van der Waals surface area (Å²) in [6.07, 6.45) is 1.99. The van der Waals surface area contributed by atoms with Gasteiger partial charge in [0.25, 0.3) is 5.91 Å². The van der Waals surface area contributed by atoms with Crippen LogP contribution in [0.25, 0.3) is 0 Å². The zero-order chi connectivity index (χ0) is 22.3. The lowest BCUT2D eigenvalue weighted by Gasteiger charge is -2.28. The average molecular weight is 444 g/mol. The van der Waals surface area contributed by atoms with Gasteiger partial charge in [0.15, 0.2) is 27.9 Å². The quantitative estimate of drug-likeness (QED) is 0.503. The van der Waals surface area contributed by atoms with Gasteiger partial charge in [-0.15, -0.1) is 0 Å². The highest BCUT2D eigenvalue weighted by Crippen LogP contribution is 2.35. The molecule has 1 aromatic carbocycles. The third-order valence-electron chi connectivity index (χ3n) is 4.97. The molecule has 0 N–H and O–H groups in total. The molecule has 10 heteroatoms. The van der Waals surface area contributed by atoms with Gasteiger partial charge in [-0.05, 0) is 12.8 Å². The number of amides is 1. The van der Waals surface area contributed by atoms with Crippen molar-refractivity contribution in [3.05, 3.63) is 17.7 Å². The summed E-state index contributed by atoms with van der Waals surface area (Å²) in [6, 6.07) is 2.53. The number of hydrogen-bond acceptors (Lipinski definition) is 8. The largest absolute Gasteiger partial charge is 0.496 e. The molecule has 0 aliphatic carbocycles. The lowest BCUT2D eigenvalue weighted by molar-refractivity contribution is -0.136. The van der Waals surface area contributed by atoms with Gasteiger partial charge in [-0.3, -0.25) is 4.79 Å². The zero-order valence-electron chi connectivity index (χ0n) is 17.8. The van der Waals surface area contributed by atoms with E-state index in [9.17, 15) is 18.0 Å². The Morgan fingerprint density at radius 1 is 1.07 bits per heavy atom. The van der Waals surface area contributed by atoms with Crippen molar-refractivity contribution in [3.8, 4) is 17.2 Å². The van der Waals surface area contributed by atoms with Crippen molar-refractivity contribution < 1.29 is 37.0 Å². The van der Waals surface area contributed by atoms with Gasteiger partial charge in [0.05, 0.1) is 32.8 Å². The van der Waals surface area contributed by atoms with E-state index in [1.54, 1.807) is 0 Å². The van der Waals surface area contributed by atoms with E-state index in [1.807, 2.05) is 6.92 Å². The number of hydrogen-bond donors (Lipinski definition) is 0. The summed E-state index contributed by atoms with van der Waals surface area (Å²) in [4.78, 5) is 26.9. The summed E-state index contributed by atoms with van der Waals surface area (Å²) in [7, 11) is 1.15. The van der Waals surface area contributed by atoms with Crippen LogP contribution >= 0.6 is 0 Å². The number of unbranched alkanes of at least 4 members (excludes halogenated alkanes) is 1. The highest BCUT2D eigenvalue weighted by molar-refractivity contribution is 7.91. The third-order valence-corrected chi connectivity index (χ3v) is 6.72. The number of esters is 1. The maximum atomic E-state index is 12.7. The maximum Gasteiger partial charge on any atom is 0.342 e. The van der Waals surface area contributed by atoms with Crippen LogP contribution in [-0.2, 0) is 19.4 Å². The Kier molecular flexibility index (Phi) is 8.33. The first-order valence-electron chi connectivity index (χ1n) is 9.73. The Hall–Kier alpha value is -2.49. The SMILES string of the molecule is CCCCN(C(=O)COC(=O)c1cc(OC)c(OC)cc1OC)C1CCS(=O)(=O)C1. The third kappa shape index (κ3) is 5.78. The molecule has 1 aliphatic heterocycles. The van der Waals surface area contributed by atoms with E-state index >= 15 is 0 Å². The molecule has 0 aromatic heterocycles. The van der Waals surface area contributed by atoms with Crippen LogP contribution in [0.1, 0.15) is 36.5 Å². The molecule has 1 atom stereocenters. The number of nitrogens with zero attached hydrogens (tertiary/aromatic N) is 1. The monoisotopic (exact) mass is 443 g/mol. The Morgan fingerprint density at radius 3 is 2.23 bits per heavy atom. The van der Waals surface area contributed by atoms with Crippen LogP contribution in [-0.4, -0.2) is 77.2 Å². The minimum Gasteiger partial charge on any atom is -0.496 e. The molecule has 30 heavy (non-hydrogen) atoms. The topological polar surface area (TPSA) is 108 Å². The summed E-state index contributed by atoms with van der Waals surface area (Å²) < 4.78 is 44.5. The van der Waals surface area contributed by atoms with Crippen molar-refractivity contribution in [2.45, 2.75) is 32.2 Å². The van der Waals surface area contributed by atoms with Crippen molar-refractivity contribution in [2.24, 2.45) is 0 Å². The van der Waals surface area contributed by atoms with Crippen LogP contribution in [0, 0.1) is 0 Å². The summed E-state index contributed by atoms with van der Waals surface area (Å²) >= 11 is 0. The van der Waals surface area contributed by atoms with Gasteiger partial charge in [-0.1, -0.05) is 13.3 Å². The Morgan fingerprint density at radius 2 is 1.70 bits per heavy atom. The molecular weight excluding hydrogens is 414 g/mol. The first-order valence-corrected chi connectivity index (χ1v) is 11.6. The minimum absolute atomic E-state index is 0.0557. The van der Waals surface area contributed by atoms with Crippen molar-refractivity contribution in [2.75, 3.05) is 46.0 Å². The summed E-state index contributed by atoms with van der Waals surface area (Å²) in [5.74, 6) is -0.243. The lowest BCUT2D eigenvalue weighted by Crippen LogP contribution is -2.43. The van der Waals surface area contributed by atoms with Gasteiger partial charge < -0.3 is 23.8 Å². The second-order valence-electron chi connectivity index (χ2n) is 6.98. The molecule has 2 rings (SSSR count). The van der Waals surface area contributed by atoms with E-state index in [-0.39, 0.29) is 28.9 Å². The first kappa shape index (κ1) is 23.8. The number of benzene rings is 1. The van der Waals surface area contributed by atoms with E-state index in [4.69, 9.17) is 18.9 Å². The van der Waals surface area contributed by atoms with E-state index in [2.05, 4.69) is 0 Å². The van der Waals surface area contributed by atoms with Crippen LogP contribution in [0.2, 0.25) is 0 Å². The molecule has 0 spiro atoms. The fraction of sp³-hybridized carbons (Fsp3) is 0.600. The van der Waals surface area contributed by atoms with Crippen LogP contribution < -0.4 is 14.2 Å². The number of carbonyl (C=O) groups is 2. The van der Waals surface area contributed by atoms with E-state index < -0.39 is 28.3 Å². The number of methoxy groups -OCH3 is 3. The maximum absolute atomic E-state index is 12.7. The van der Waals surface area contributed by atoms with E-state index in [0.717, 1.165) is 12.8 Å². The van der Waals surface area contributed by atoms with Gasteiger partial charge in [0, 0.05) is 24.7 Å². The van der Waals surface area contributed by atoms with Crippen LogP contribution in [0.15, 0.2) is 12.1 Å². The molecule has 1 amide bonds. The van der Waals surface area contributed by atoms with Gasteiger partial charge in [-0.2, -0.15) is 0 Å². The van der Waals surface area contributed by atoms with Crippen molar-refractivity contribution in [3.63, 3.8) is 0 Å². The number of ether oxygens (including phenoxy) is 4. The van der Waals surface area contributed by atoms with Gasteiger partial charge in [0.1, 0.15) is 11.3 Å². The highest BCUT2D eigenvalue weighted by atomic mass is 32.2. The number of carbonyl (C=O) groups excluding carboxylic acids is 2. The Bertz CT molecular complexity index is 868. The van der Waals surface area contributed by atoms with Gasteiger partial charge in [-0.25, -0.2) is 13.2 Å². The molecule has 1 saturated heterocycles. The summed E-state index contributed by atoms with van der Waals surface area (Å²) in [6.45, 7) is 1.92. The van der Waals surface area contributed by atoms with Crippen molar-refractivity contribution in [1.82, 2.24) is 4.90 Å². The van der Waals surface area contributed by atoms with Crippen molar-refractivity contribution >= 4 is 21.7 Å². The molecule has 1 aromatic rings. The number of sulfone groups is 1. The standard InChI is InChI=1S/C20H29NO8S/c1-5-6-8-21(14-7-9-30(24,25)13-14)19(22)12-29-20(23)15-10-17(27-3)18(28-4)11-16(15)26-2/h10-11,14H,5-9,12-13H2,1-4H3. The molecular formula is C20H29NO8S. The second kappa shape index (κ2) is 10.5. The van der Waals surface area contributed by atoms with E-state index in [1.165, 1.54) is 38.4 Å². The molecule has 0 bridgehead atoms. The lowest BCUT2D eigenvalue weighted by atomic mass is 10.1. The molecule has 1 unspecified atom stereocenters. The predicted molar refractivity (Wildman–Crippen MR) is 110 cm³/mol. The van der Waals surface area contributed by atoms with Gasteiger partial charge in [0.2, 0.25) is 0 Å². The molecule has 0 radical (unpaired) electrons. The van der Waals surface area contributed by atoms with Gasteiger partial charge >= 0.3 is 5.97 Å². The smallest absolute Gasteiger partial charge is 0.342 e. The Balaban J connectivity index is 2.12. The second-order valence-corrected chi connectivity index (χ2v) is 9.21. The summed E-state index contributed by atoms with van der Waals surface area (Å²) in [5, 5.41) is 0. The van der Waals surface area contributed by atoms with Crippen molar-refractivity contribution in [1.29, 1.82) is 0 Å². The number of rotatable bonds is 10. The summed E-state index contributed by atoms with van der Waals surface area (Å²) in [5.41, 5.74) is 0.0894. The van der Waals surface area contributed by atoms with E-state index in [0.29, 0.717) is 24.5 Å². The minimum atomic E-state index is -3.14.